The van der Waals surface area contributed by atoms with Crippen molar-refractivity contribution < 1.29 is 13.9 Å². The van der Waals surface area contributed by atoms with Crippen LogP contribution in [0.15, 0.2) is 69.2 Å². The number of nitrogens with zero attached hydrogens (tertiary/aromatic N) is 7. The number of aromatic nitrogens is 5. The molecule has 0 fully saturated rings. The van der Waals surface area contributed by atoms with E-state index in [4.69, 9.17) is 21.6 Å². The van der Waals surface area contributed by atoms with E-state index in [1.165, 1.54) is 7.11 Å². The smallest absolute Gasteiger partial charge is 0.312 e. The Morgan fingerprint density at radius 1 is 1.36 bits per heavy atom. The number of hydrogen-bond acceptors (Lipinski definition) is 9. The van der Waals surface area contributed by atoms with E-state index in [9.17, 15) is 4.79 Å². The fourth-order valence-electron chi connectivity index (χ4n) is 4.33. The van der Waals surface area contributed by atoms with Crippen molar-refractivity contribution in [3.63, 3.8) is 0 Å². The first kappa shape index (κ1) is 23.5. The van der Waals surface area contributed by atoms with E-state index >= 15 is 0 Å². The van der Waals surface area contributed by atoms with E-state index in [0.717, 1.165) is 29.2 Å². The van der Waals surface area contributed by atoms with Gasteiger partial charge in [-0.05, 0) is 31.1 Å². The molecule has 5 heterocycles. The van der Waals surface area contributed by atoms with Crippen molar-refractivity contribution in [2.45, 2.75) is 32.2 Å². The van der Waals surface area contributed by atoms with Crippen LogP contribution in [0.1, 0.15) is 47.9 Å². The molecule has 36 heavy (non-hydrogen) atoms. The SMILES string of the molecule is CCC1=CC=C/C(=C/C[C@H]2c3nc[nH]c3CCN2C(=O)c2nnc(-c3ccc(OC)nc3)o2)N1N=S. The molecule has 5 rings (SSSR count). The predicted octanol–water partition coefficient (Wildman–Crippen LogP) is 3.69. The summed E-state index contributed by atoms with van der Waals surface area (Å²) in [6.45, 7) is 2.53. The summed E-state index contributed by atoms with van der Waals surface area (Å²) in [5.74, 6) is 0.226. The molecule has 0 bridgehead atoms. The highest BCUT2D eigenvalue weighted by Gasteiger charge is 2.35. The van der Waals surface area contributed by atoms with Crippen LogP contribution in [0.3, 0.4) is 0 Å². The van der Waals surface area contributed by atoms with Crippen molar-refractivity contribution in [2.24, 2.45) is 4.47 Å². The Balaban J connectivity index is 1.41. The normalized spacial score (nSPS) is 18.2. The highest BCUT2D eigenvalue weighted by Crippen LogP contribution is 2.33. The van der Waals surface area contributed by atoms with Gasteiger partial charge in [-0.2, -0.15) is 0 Å². The number of aromatic amines is 1. The first-order chi connectivity index (χ1) is 17.6. The number of fused-ring (bicyclic) bond motifs is 1. The second-order valence-electron chi connectivity index (χ2n) is 8.16. The van der Waals surface area contributed by atoms with Gasteiger partial charge in [0.05, 0.1) is 48.9 Å². The summed E-state index contributed by atoms with van der Waals surface area (Å²) in [6, 6.07) is 3.10. The van der Waals surface area contributed by atoms with Crippen LogP contribution in [0.5, 0.6) is 5.88 Å². The predicted molar refractivity (Wildman–Crippen MR) is 132 cm³/mol. The molecule has 3 aromatic rings. The number of rotatable bonds is 7. The molecule has 0 aromatic carbocycles. The van der Waals surface area contributed by atoms with Crippen molar-refractivity contribution >= 4 is 18.3 Å². The van der Waals surface area contributed by atoms with Crippen LogP contribution in [0.25, 0.3) is 11.5 Å². The Kier molecular flexibility index (Phi) is 6.67. The van der Waals surface area contributed by atoms with Gasteiger partial charge in [-0.3, -0.25) is 4.79 Å². The molecule has 184 valence electrons. The molecule has 1 N–H and O–H groups in total. The molecule has 0 aliphatic carbocycles. The molecular weight excluding hydrogens is 480 g/mol. The lowest BCUT2D eigenvalue weighted by Crippen LogP contribution is -2.40. The minimum absolute atomic E-state index is 0.0894. The van der Waals surface area contributed by atoms with Gasteiger partial charge in [-0.25, -0.2) is 15.0 Å². The number of imidazole rings is 1. The number of carbonyl (C=O) groups excluding carboxylic acids is 1. The number of hydrogen-bond donors (Lipinski definition) is 1. The second-order valence-corrected chi connectivity index (χ2v) is 8.32. The highest BCUT2D eigenvalue weighted by molar-refractivity contribution is 7.47. The first-order valence-corrected chi connectivity index (χ1v) is 11.9. The third-order valence-electron chi connectivity index (χ3n) is 6.17. The zero-order chi connectivity index (χ0) is 25.1. The van der Waals surface area contributed by atoms with Crippen LogP contribution in [-0.2, 0) is 18.8 Å². The highest BCUT2D eigenvalue weighted by atomic mass is 32.1. The lowest BCUT2D eigenvalue weighted by Gasteiger charge is -2.34. The van der Waals surface area contributed by atoms with Gasteiger partial charge in [0.2, 0.25) is 11.8 Å². The lowest BCUT2D eigenvalue weighted by atomic mass is 9.98. The van der Waals surface area contributed by atoms with Crippen LogP contribution in [0.2, 0.25) is 0 Å². The third-order valence-corrected chi connectivity index (χ3v) is 6.34. The number of allylic oxidation sites excluding steroid dienone is 4. The van der Waals surface area contributed by atoms with E-state index in [-0.39, 0.29) is 23.7 Å². The summed E-state index contributed by atoms with van der Waals surface area (Å²) in [4.78, 5) is 27.1. The van der Waals surface area contributed by atoms with Crippen LogP contribution in [0, 0.1) is 0 Å². The summed E-state index contributed by atoms with van der Waals surface area (Å²) in [5, 5.41) is 9.81. The largest absolute Gasteiger partial charge is 0.481 e. The Bertz CT molecular complexity index is 1360. The number of nitrogens with one attached hydrogen (secondary N) is 1. The maximum absolute atomic E-state index is 13.5. The standard InChI is InChI=1S/C24H24N8O3S/c1-3-16-5-4-6-17(32(16)30-36)8-9-19-21-18(26-14-27-21)11-12-31(19)24(33)23-29-28-22(35-23)15-7-10-20(34-2)25-13-15/h4-8,10,13-14,19H,3,9,11-12H2,1-2H3,(H,26,27)/b17-8-/t19-/m0/s1. The maximum atomic E-state index is 13.5. The van der Waals surface area contributed by atoms with Crippen LogP contribution >= 0.6 is 0 Å². The van der Waals surface area contributed by atoms with Gasteiger partial charge < -0.3 is 19.0 Å². The average Bonchev–Trinajstić information content (AvgIpc) is 3.61. The Morgan fingerprint density at radius 3 is 3.00 bits per heavy atom. The van der Waals surface area contributed by atoms with Gasteiger partial charge in [0.15, 0.2) is 0 Å². The minimum Gasteiger partial charge on any atom is -0.481 e. The van der Waals surface area contributed by atoms with Gasteiger partial charge in [0.25, 0.3) is 0 Å². The molecule has 1 amide bonds. The molecule has 0 saturated carbocycles. The number of amides is 1. The van der Waals surface area contributed by atoms with Gasteiger partial charge in [0, 0.05) is 36.6 Å². The summed E-state index contributed by atoms with van der Waals surface area (Å²) >= 11 is 5.01. The van der Waals surface area contributed by atoms with Gasteiger partial charge >= 0.3 is 11.8 Å². The fraction of sp³-hybridized carbons (Fsp3) is 0.292. The van der Waals surface area contributed by atoms with Crippen molar-refractivity contribution in [1.82, 2.24) is 35.1 Å². The summed E-state index contributed by atoms with van der Waals surface area (Å²) < 4.78 is 14.8. The quantitative estimate of drug-likeness (QED) is 0.513. The topological polar surface area (TPSA) is 126 Å². The number of carbonyl (C=O) groups is 1. The molecule has 0 spiro atoms. The maximum Gasteiger partial charge on any atom is 0.312 e. The van der Waals surface area contributed by atoms with Crippen LogP contribution < -0.4 is 4.74 Å². The fourth-order valence-corrected chi connectivity index (χ4v) is 4.53. The van der Waals surface area contributed by atoms with E-state index in [1.807, 2.05) is 31.2 Å². The molecule has 1 atom stereocenters. The first-order valence-electron chi connectivity index (χ1n) is 11.5. The minimum atomic E-state index is -0.356. The van der Waals surface area contributed by atoms with E-state index in [0.29, 0.717) is 30.8 Å². The van der Waals surface area contributed by atoms with Gasteiger partial charge in [-0.1, -0.05) is 23.5 Å². The third kappa shape index (κ3) is 4.42. The van der Waals surface area contributed by atoms with Crippen molar-refractivity contribution in [3.8, 4) is 17.3 Å². The molecule has 2 aliphatic rings. The summed E-state index contributed by atoms with van der Waals surface area (Å²) in [5.41, 5.74) is 4.27. The van der Waals surface area contributed by atoms with Crippen LogP contribution in [0.4, 0.5) is 0 Å². The molecule has 12 heteroatoms. The van der Waals surface area contributed by atoms with E-state index < -0.39 is 0 Å². The van der Waals surface area contributed by atoms with Gasteiger partial charge in [-0.15, -0.1) is 10.2 Å². The Morgan fingerprint density at radius 2 is 2.25 bits per heavy atom. The van der Waals surface area contributed by atoms with E-state index in [2.05, 4.69) is 29.6 Å². The lowest BCUT2D eigenvalue weighted by molar-refractivity contribution is 0.0616. The van der Waals surface area contributed by atoms with Crippen molar-refractivity contribution in [2.75, 3.05) is 13.7 Å². The summed E-state index contributed by atoms with van der Waals surface area (Å²) in [7, 11) is 1.54. The molecule has 3 aromatic heterocycles. The molecular formula is C24H24N8O3S. The monoisotopic (exact) mass is 504 g/mol. The van der Waals surface area contributed by atoms with E-state index in [1.54, 1.807) is 34.6 Å². The molecule has 0 radical (unpaired) electrons. The summed E-state index contributed by atoms with van der Waals surface area (Å²) in [6.07, 6.45) is 13.1. The second kappa shape index (κ2) is 10.2. The average molecular weight is 505 g/mol. The zero-order valence-electron chi connectivity index (χ0n) is 19.8. The molecule has 11 nitrogen and oxygen atoms in total. The molecule has 0 saturated heterocycles. The van der Waals surface area contributed by atoms with Crippen molar-refractivity contribution in [1.29, 1.82) is 0 Å². The number of H-pyrrole nitrogens is 1. The van der Waals surface area contributed by atoms with Crippen molar-refractivity contribution in [3.05, 3.63) is 77.6 Å². The van der Waals surface area contributed by atoms with Crippen LogP contribution in [-0.4, -0.2) is 54.6 Å². The Labute approximate surface area is 212 Å². The number of ether oxygens (including phenoxy) is 1. The number of methoxy groups -OCH3 is 1. The van der Waals surface area contributed by atoms with Gasteiger partial charge in [0.1, 0.15) is 0 Å². The molecule has 2 aliphatic heterocycles. The zero-order valence-corrected chi connectivity index (χ0v) is 20.6. The number of pyridine rings is 1. The Hall–Kier alpha value is -4.19. The molecule has 0 unspecified atom stereocenters.